The predicted molar refractivity (Wildman–Crippen MR) is 114 cm³/mol. The fraction of sp³-hybridized carbons (Fsp3) is 0.261. The van der Waals surface area contributed by atoms with Crippen molar-refractivity contribution in [2.45, 2.75) is 26.4 Å². The average Bonchev–Trinajstić information content (AvgIpc) is 2.80. The number of carbonyl (C=O) groups excluding carboxylic acids is 1. The highest BCUT2D eigenvalue weighted by atomic mass is 19.2. The number of aromatic nitrogens is 2. The minimum absolute atomic E-state index is 0.131. The van der Waals surface area contributed by atoms with Crippen molar-refractivity contribution in [3.63, 3.8) is 0 Å². The first-order chi connectivity index (χ1) is 15.3. The number of nitrogens with zero attached hydrogens (tertiary/aromatic N) is 3. The molecule has 1 aromatic heterocycles. The molecular formula is C23H24F2N4O3. The van der Waals surface area contributed by atoms with Crippen LogP contribution in [0.5, 0.6) is 11.6 Å². The molecule has 1 amide bonds. The Balaban J connectivity index is 1.94. The lowest BCUT2D eigenvalue weighted by atomic mass is 10.0. The van der Waals surface area contributed by atoms with Gasteiger partial charge in [0.2, 0.25) is 5.75 Å². The third-order valence-corrected chi connectivity index (χ3v) is 5.07. The standard InChI is InChI=1S/C23H24F2N4O3/c1-3-29(4-2)19(15-8-6-5-7-9-15)21-27-18(20(30)23(32)28-21)22(31)26-13-14-10-11-16(24)17(25)12-14/h5-12,19,30H,3-4,13H2,1-2H3,(H,26,31)(H,27,28,32). The molecule has 0 saturated carbocycles. The minimum atomic E-state index is -1.04. The number of benzene rings is 2. The van der Waals surface area contributed by atoms with Gasteiger partial charge in [-0.2, -0.15) is 4.98 Å². The van der Waals surface area contributed by atoms with E-state index in [-0.39, 0.29) is 12.4 Å². The van der Waals surface area contributed by atoms with Gasteiger partial charge < -0.3 is 15.5 Å². The van der Waals surface area contributed by atoms with E-state index < -0.39 is 40.9 Å². The molecule has 1 heterocycles. The zero-order valence-corrected chi connectivity index (χ0v) is 17.7. The first-order valence-electron chi connectivity index (χ1n) is 10.2. The third-order valence-electron chi connectivity index (χ3n) is 5.07. The molecule has 32 heavy (non-hydrogen) atoms. The van der Waals surface area contributed by atoms with Crippen LogP contribution < -0.4 is 5.32 Å². The SMILES string of the molecule is CCN(CC)C(c1ccccc1)c1nc(O)c(O)c(C(=O)NCc2ccc(F)c(F)c2)n1. The second kappa shape index (κ2) is 10.1. The van der Waals surface area contributed by atoms with E-state index in [0.717, 1.165) is 17.7 Å². The molecule has 0 aliphatic carbocycles. The lowest BCUT2D eigenvalue weighted by Gasteiger charge is -2.29. The molecule has 2 aromatic carbocycles. The van der Waals surface area contributed by atoms with Crippen molar-refractivity contribution >= 4 is 5.91 Å². The van der Waals surface area contributed by atoms with Crippen molar-refractivity contribution < 1.29 is 23.8 Å². The second-order valence-electron chi connectivity index (χ2n) is 7.07. The topological polar surface area (TPSA) is 98.6 Å². The molecule has 0 radical (unpaired) electrons. The first kappa shape index (κ1) is 23.1. The summed E-state index contributed by atoms with van der Waals surface area (Å²) in [6.45, 7) is 5.11. The molecule has 0 spiro atoms. The molecule has 0 aliphatic heterocycles. The van der Waals surface area contributed by atoms with E-state index in [4.69, 9.17) is 0 Å². The molecule has 3 N–H and O–H groups in total. The number of amides is 1. The third kappa shape index (κ3) is 5.00. The second-order valence-corrected chi connectivity index (χ2v) is 7.07. The summed E-state index contributed by atoms with van der Waals surface area (Å²) in [6, 6.07) is 12.2. The summed E-state index contributed by atoms with van der Waals surface area (Å²) in [5, 5.41) is 22.9. The van der Waals surface area contributed by atoms with Gasteiger partial charge in [0.1, 0.15) is 0 Å². The van der Waals surface area contributed by atoms with Crippen LogP contribution in [0.4, 0.5) is 8.78 Å². The Labute approximate surface area is 184 Å². The molecule has 0 fully saturated rings. The lowest BCUT2D eigenvalue weighted by Crippen LogP contribution is -2.32. The van der Waals surface area contributed by atoms with Gasteiger partial charge in [-0.3, -0.25) is 9.69 Å². The Kier molecular flexibility index (Phi) is 7.32. The molecule has 7 nitrogen and oxygen atoms in total. The summed E-state index contributed by atoms with van der Waals surface area (Å²) in [6.07, 6.45) is 0. The maximum atomic E-state index is 13.4. The smallest absolute Gasteiger partial charge is 0.274 e. The molecule has 1 atom stereocenters. The van der Waals surface area contributed by atoms with Gasteiger partial charge in [0.05, 0.1) is 6.04 Å². The number of aromatic hydroxyl groups is 2. The Bertz CT molecular complexity index is 1090. The number of rotatable bonds is 8. The van der Waals surface area contributed by atoms with Crippen LogP contribution in [0, 0.1) is 11.6 Å². The summed E-state index contributed by atoms with van der Waals surface area (Å²) in [5.74, 6) is -4.16. The van der Waals surface area contributed by atoms with Gasteiger partial charge in [0.25, 0.3) is 11.8 Å². The quantitative estimate of drug-likeness (QED) is 0.494. The Morgan fingerprint density at radius 2 is 1.72 bits per heavy atom. The van der Waals surface area contributed by atoms with Crippen LogP contribution in [0.3, 0.4) is 0 Å². The molecule has 0 aliphatic rings. The van der Waals surface area contributed by atoms with E-state index in [1.807, 2.05) is 49.1 Å². The zero-order chi connectivity index (χ0) is 23.3. The molecular weight excluding hydrogens is 418 g/mol. The van der Waals surface area contributed by atoms with E-state index >= 15 is 0 Å². The van der Waals surface area contributed by atoms with Crippen LogP contribution in [0.2, 0.25) is 0 Å². The van der Waals surface area contributed by atoms with Gasteiger partial charge in [-0.1, -0.05) is 50.2 Å². The van der Waals surface area contributed by atoms with Gasteiger partial charge in [0, 0.05) is 6.54 Å². The van der Waals surface area contributed by atoms with Crippen molar-refractivity contribution in [2.24, 2.45) is 0 Å². The molecule has 0 saturated heterocycles. The molecule has 3 rings (SSSR count). The average molecular weight is 442 g/mol. The fourth-order valence-electron chi connectivity index (χ4n) is 3.40. The van der Waals surface area contributed by atoms with E-state index in [1.54, 1.807) is 0 Å². The van der Waals surface area contributed by atoms with Crippen molar-refractivity contribution in [3.8, 4) is 11.6 Å². The molecule has 0 bridgehead atoms. The van der Waals surface area contributed by atoms with Gasteiger partial charge in [-0.05, 0) is 36.3 Å². The van der Waals surface area contributed by atoms with Crippen LogP contribution in [0.25, 0.3) is 0 Å². The monoisotopic (exact) mass is 442 g/mol. The van der Waals surface area contributed by atoms with E-state index in [9.17, 15) is 23.8 Å². The van der Waals surface area contributed by atoms with E-state index in [0.29, 0.717) is 18.7 Å². The molecule has 168 valence electrons. The Hall–Kier alpha value is -3.59. The lowest BCUT2D eigenvalue weighted by molar-refractivity contribution is 0.0940. The molecule has 9 heteroatoms. The van der Waals surface area contributed by atoms with Crippen LogP contribution in [0.15, 0.2) is 48.5 Å². The number of hydrogen-bond donors (Lipinski definition) is 3. The van der Waals surface area contributed by atoms with Gasteiger partial charge in [0.15, 0.2) is 23.2 Å². The highest BCUT2D eigenvalue weighted by Gasteiger charge is 2.27. The number of carbonyl (C=O) groups is 1. The number of nitrogens with one attached hydrogen (secondary N) is 1. The van der Waals surface area contributed by atoms with Gasteiger partial charge in [-0.25, -0.2) is 13.8 Å². The molecule has 1 unspecified atom stereocenters. The Morgan fingerprint density at radius 1 is 1.03 bits per heavy atom. The van der Waals surface area contributed by atoms with Crippen LogP contribution in [-0.4, -0.2) is 44.1 Å². The maximum Gasteiger partial charge on any atom is 0.274 e. The summed E-state index contributed by atoms with van der Waals surface area (Å²) in [7, 11) is 0. The van der Waals surface area contributed by atoms with Crippen molar-refractivity contribution in [1.82, 2.24) is 20.2 Å². The largest absolute Gasteiger partial charge is 0.501 e. The normalized spacial score (nSPS) is 12.0. The van der Waals surface area contributed by atoms with E-state index in [1.165, 1.54) is 6.07 Å². The Morgan fingerprint density at radius 3 is 2.34 bits per heavy atom. The summed E-state index contributed by atoms with van der Waals surface area (Å²) in [4.78, 5) is 23.0. The summed E-state index contributed by atoms with van der Waals surface area (Å²) in [5.41, 5.74) is 0.762. The van der Waals surface area contributed by atoms with Crippen molar-refractivity contribution in [2.75, 3.05) is 13.1 Å². The number of halogens is 2. The maximum absolute atomic E-state index is 13.4. The molecule has 3 aromatic rings. The predicted octanol–water partition coefficient (Wildman–Crippen LogP) is 3.53. The van der Waals surface area contributed by atoms with Crippen LogP contribution in [0.1, 0.15) is 47.3 Å². The fourth-order valence-corrected chi connectivity index (χ4v) is 3.40. The van der Waals surface area contributed by atoms with Gasteiger partial charge >= 0.3 is 0 Å². The first-order valence-corrected chi connectivity index (χ1v) is 10.2. The van der Waals surface area contributed by atoms with Crippen LogP contribution >= 0.6 is 0 Å². The highest BCUT2D eigenvalue weighted by molar-refractivity contribution is 5.95. The number of hydrogen-bond acceptors (Lipinski definition) is 6. The summed E-state index contributed by atoms with van der Waals surface area (Å²) >= 11 is 0. The van der Waals surface area contributed by atoms with Crippen LogP contribution in [-0.2, 0) is 6.54 Å². The van der Waals surface area contributed by atoms with Crippen molar-refractivity contribution in [3.05, 3.63) is 82.8 Å². The van der Waals surface area contributed by atoms with E-state index in [2.05, 4.69) is 15.3 Å². The van der Waals surface area contributed by atoms with Crippen molar-refractivity contribution in [1.29, 1.82) is 0 Å². The zero-order valence-electron chi connectivity index (χ0n) is 17.7. The highest BCUT2D eigenvalue weighted by Crippen LogP contribution is 2.32. The minimum Gasteiger partial charge on any atom is -0.501 e. The summed E-state index contributed by atoms with van der Waals surface area (Å²) < 4.78 is 26.5. The van der Waals surface area contributed by atoms with Gasteiger partial charge in [-0.15, -0.1) is 0 Å².